The van der Waals surface area contributed by atoms with E-state index in [1.165, 1.54) is 19.4 Å². The third kappa shape index (κ3) is 2.16. The molecule has 0 aliphatic rings. The third-order valence-corrected chi connectivity index (χ3v) is 4.92. The second kappa shape index (κ2) is 4.97. The van der Waals surface area contributed by atoms with Gasteiger partial charge in [0.2, 0.25) is 0 Å². The number of hydrogen-bond acceptors (Lipinski definition) is 3. The second-order valence-corrected chi connectivity index (χ2v) is 6.28. The smallest absolute Gasteiger partial charge is 0.0797 e. The van der Waals surface area contributed by atoms with Crippen LogP contribution in [0.4, 0.5) is 0 Å². The first-order valence-electron chi connectivity index (χ1n) is 5.73. The summed E-state index contributed by atoms with van der Waals surface area (Å²) in [5.41, 5.74) is 4.29. The van der Waals surface area contributed by atoms with Crippen LogP contribution in [0.5, 0.6) is 0 Å². The highest BCUT2D eigenvalue weighted by Gasteiger charge is 2.07. The highest BCUT2D eigenvalue weighted by molar-refractivity contribution is 14.1. The van der Waals surface area contributed by atoms with Crippen LogP contribution in [0.3, 0.4) is 0 Å². The predicted molar refractivity (Wildman–Crippen MR) is 83.0 cm³/mol. The van der Waals surface area contributed by atoms with E-state index in [0.717, 1.165) is 18.7 Å². The molecule has 92 valence electrons. The van der Waals surface area contributed by atoms with Crippen molar-refractivity contribution >= 4 is 44.8 Å². The van der Waals surface area contributed by atoms with Gasteiger partial charge in [0.05, 0.1) is 22.9 Å². The SMILES string of the molecule is Cc1ncsc1CCn1cc(I)c2ccncc21. The Bertz CT molecular complexity index is 686. The van der Waals surface area contributed by atoms with Crippen LogP contribution in [0.15, 0.2) is 30.2 Å². The first-order valence-corrected chi connectivity index (χ1v) is 7.69. The van der Waals surface area contributed by atoms with Crippen molar-refractivity contribution in [2.45, 2.75) is 19.9 Å². The Hall–Kier alpha value is -0.950. The Morgan fingerprint density at radius 1 is 1.44 bits per heavy atom. The molecular formula is C13H12IN3S. The summed E-state index contributed by atoms with van der Waals surface area (Å²) in [7, 11) is 0. The fourth-order valence-corrected chi connectivity index (χ4v) is 3.63. The van der Waals surface area contributed by atoms with Gasteiger partial charge in [-0.25, -0.2) is 4.98 Å². The van der Waals surface area contributed by atoms with E-state index < -0.39 is 0 Å². The highest BCUT2D eigenvalue weighted by Crippen LogP contribution is 2.23. The monoisotopic (exact) mass is 369 g/mol. The van der Waals surface area contributed by atoms with Gasteiger partial charge in [0.25, 0.3) is 0 Å². The molecule has 18 heavy (non-hydrogen) atoms. The molecule has 0 unspecified atom stereocenters. The molecule has 3 nitrogen and oxygen atoms in total. The summed E-state index contributed by atoms with van der Waals surface area (Å²) in [6.07, 6.45) is 7.02. The summed E-state index contributed by atoms with van der Waals surface area (Å²) in [6.45, 7) is 3.05. The lowest BCUT2D eigenvalue weighted by atomic mass is 10.3. The maximum Gasteiger partial charge on any atom is 0.0797 e. The van der Waals surface area contributed by atoms with Crippen LogP contribution in [0.1, 0.15) is 10.6 Å². The van der Waals surface area contributed by atoms with Gasteiger partial charge in [-0.15, -0.1) is 11.3 Å². The van der Waals surface area contributed by atoms with Gasteiger partial charge in [-0.05, 0) is 35.6 Å². The van der Waals surface area contributed by atoms with Crippen LogP contribution in [-0.2, 0) is 13.0 Å². The lowest BCUT2D eigenvalue weighted by Gasteiger charge is -2.04. The van der Waals surface area contributed by atoms with Crippen LogP contribution in [0.2, 0.25) is 0 Å². The minimum Gasteiger partial charge on any atom is -0.345 e. The summed E-state index contributed by atoms with van der Waals surface area (Å²) >= 11 is 4.12. The summed E-state index contributed by atoms with van der Waals surface area (Å²) in [6, 6.07) is 2.07. The van der Waals surface area contributed by atoms with Crippen LogP contribution in [0, 0.1) is 10.5 Å². The minimum atomic E-state index is 0.980. The molecule has 0 aromatic carbocycles. The quantitative estimate of drug-likeness (QED) is 0.660. The van der Waals surface area contributed by atoms with Crippen LogP contribution in [-0.4, -0.2) is 14.5 Å². The Labute approximate surface area is 123 Å². The average molecular weight is 369 g/mol. The molecule has 0 fully saturated rings. The van der Waals surface area contributed by atoms with Gasteiger partial charge in [-0.1, -0.05) is 0 Å². The Morgan fingerprint density at radius 3 is 3.11 bits per heavy atom. The standard InChI is InChI=1S/C13H12IN3S/c1-9-13(18-8-16-9)3-5-17-7-11(14)10-2-4-15-6-12(10)17/h2,4,6-8H,3,5H2,1H3. The number of rotatable bonds is 3. The van der Waals surface area contributed by atoms with E-state index in [9.17, 15) is 0 Å². The number of aryl methyl sites for hydroxylation is 3. The maximum absolute atomic E-state index is 4.29. The van der Waals surface area contributed by atoms with Gasteiger partial charge >= 0.3 is 0 Å². The number of nitrogens with zero attached hydrogens (tertiary/aromatic N) is 3. The molecule has 5 heteroatoms. The molecule has 3 rings (SSSR count). The average Bonchev–Trinajstić information content (AvgIpc) is 2.92. The zero-order valence-corrected chi connectivity index (χ0v) is 12.9. The van der Waals surface area contributed by atoms with E-state index in [-0.39, 0.29) is 0 Å². The van der Waals surface area contributed by atoms with Crippen molar-refractivity contribution in [1.82, 2.24) is 14.5 Å². The van der Waals surface area contributed by atoms with Crippen molar-refractivity contribution in [2.75, 3.05) is 0 Å². The molecular weight excluding hydrogens is 357 g/mol. The topological polar surface area (TPSA) is 30.7 Å². The van der Waals surface area contributed by atoms with Gasteiger partial charge in [-0.2, -0.15) is 0 Å². The van der Waals surface area contributed by atoms with E-state index in [1.807, 2.05) is 17.9 Å². The van der Waals surface area contributed by atoms with Crippen molar-refractivity contribution in [3.63, 3.8) is 0 Å². The molecule has 0 bridgehead atoms. The third-order valence-electron chi connectivity index (χ3n) is 3.06. The molecule has 0 N–H and O–H groups in total. The second-order valence-electron chi connectivity index (χ2n) is 4.17. The van der Waals surface area contributed by atoms with Gasteiger partial charge in [-0.3, -0.25) is 4.98 Å². The summed E-state index contributed by atoms with van der Waals surface area (Å²) < 4.78 is 3.56. The van der Waals surface area contributed by atoms with Crippen molar-refractivity contribution in [3.8, 4) is 0 Å². The number of pyridine rings is 1. The van der Waals surface area contributed by atoms with Gasteiger partial charge in [0.1, 0.15) is 0 Å². The fraction of sp³-hybridized carbons (Fsp3) is 0.231. The summed E-state index contributed by atoms with van der Waals surface area (Å²) in [5, 5.41) is 1.28. The first kappa shape index (κ1) is 12.1. The molecule has 3 heterocycles. The molecule has 0 amide bonds. The molecule has 0 spiro atoms. The van der Waals surface area contributed by atoms with Gasteiger partial charge in [0, 0.05) is 39.2 Å². The lowest BCUT2D eigenvalue weighted by molar-refractivity contribution is 0.724. The maximum atomic E-state index is 4.29. The van der Waals surface area contributed by atoms with Crippen molar-refractivity contribution in [3.05, 3.63) is 44.3 Å². The molecule has 0 saturated carbocycles. The molecule has 0 aliphatic carbocycles. The summed E-state index contributed by atoms with van der Waals surface area (Å²) in [4.78, 5) is 9.88. The Balaban J connectivity index is 1.89. The number of thiazole rings is 1. The molecule has 3 aromatic rings. The van der Waals surface area contributed by atoms with Crippen LogP contribution >= 0.6 is 33.9 Å². The number of fused-ring (bicyclic) bond motifs is 1. The Morgan fingerprint density at radius 2 is 2.33 bits per heavy atom. The highest BCUT2D eigenvalue weighted by atomic mass is 127. The minimum absolute atomic E-state index is 0.980. The zero-order chi connectivity index (χ0) is 12.5. The van der Waals surface area contributed by atoms with E-state index in [2.05, 4.69) is 56.3 Å². The molecule has 0 saturated heterocycles. The van der Waals surface area contributed by atoms with E-state index in [0.29, 0.717) is 0 Å². The van der Waals surface area contributed by atoms with E-state index >= 15 is 0 Å². The number of halogens is 1. The van der Waals surface area contributed by atoms with Crippen molar-refractivity contribution < 1.29 is 0 Å². The van der Waals surface area contributed by atoms with Gasteiger partial charge < -0.3 is 4.57 Å². The van der Waals surface area contributed by atoms with Crippen molar-refractivity contribution in [2.24, 2.45) is 0 Å². The Kier molecular flexibility index (Phi) is 3.34. The van der Waals surface area contributed by atoms with Gasteiger partial charge in [0.15, 0.2) is 0 Å². The van der Waals surface area contributed by atoms with Crippen molar-refractivity contribution in [1.29, 1.82) is 0 Å². The number of aromatic nitrogens is 3. The largest absolute Gasteiger partial charge is 0.345 e. The molecule has 0 radical (unpaired) electrons. The van der Waals surface area contributed by atoms with Crippen LogP contribution in [0.25, 0.3) is 10.9 Å². The summed E-state index contributed by atoms with van der Waals surface area (Å²) in [5.74, 6) is 0. The predicted octanol–water partition coefficient (Wildman–Crippen LogP) is 3.65. The molecule has 3 aromatic heterocycles. The zero-order valence-electron chi connectivity index (χ0n) is 9.93. The normalized spacial score (nSPS) is 11.2. The lowest BCUT2D eigenvalue weighted by Crippen LogP contribution is -1.99. The van der Waals surface area contributed by atoms with E-state index in [4.69, 9.17) is 0 Å². The number of hydrogen-bond donors (Lipinski definition) is 0. The van der Waals surface area contributed by atoms with E-state index in [1.54, 1.807) is 11.3 Å². The first-order chi connectivity index (χ1) is 8.75. The molecule has 0 aliphatic heterocycles. The fourth-order valence-electron chi connectivity index (χ4n) is 2.07. The van der Waals surface area contributed by atoms with Crippen LogP contribution < -0.4 is 0 Å². The molecule has 0 atom stereocenters.